The molecule has 7 heteroatoms. The average Bonchev–Trinajstić information content (AvgIpc) is 2.87. The van der Waals surface area contributed by atoms with Crippen molar-refractivity contribution in [3.8, 4) is 0 Å². The van der Waals surface area contributed by atoms with Crippen LogP contribution in [0, 0.1) is 0 Å². The molecule has 3 aromatic carbocycles. The Hall–Kier alpha value is -3.97. The zero-order chi connectivity index (χ0) is 23.0. The molecule has 4 rings (SSSR count). The lowest BCUT2D eigenvalue weighted by Gasteiger charge is -2.36. The second kappa shape index (κ2) is 10.6. The molecule has 1 aliphatic heterocycles. The maximum atomic E-state index is 12.8. The minimum absolute atomic E-state index is 0.00923. The highest BCUT2D eigenvalue weighted by molar-refractivity contribution is 5.91. The molecule has 33 heavy (non-hydrogen) atoms. The predicted molar refractivity (Wildman–Crippen MR) is 118 cm³/mol. The molecule has 3 aromatic rings. The van der Waals surface area contributed by atoms with Crippen molar-refractivity contribution in [1.29, 1.82) is 0 Å². The van der Waals surface area contributed by atoms with E-state index in [2.05, 4.69) is 0 Å². The van der Waals surface area contributed by atoms with E-state index >= 15 is 0 Å². The summed E-state index contributed by atoms with van der Waals surface area (Å²) in [6.45, 7) is -0.0185. The SMILES string of the molecule is O=C(OC1[C@@H](OC(=O)c2ccccc2)COC[C@H]1OC(=O)c1ccccc1)c1ccccc1. The Labute approximate surface area is 190 Å². The fourth-order valence-electron chi connectivity index (χ4n) is 3.41. The molecule has 0 aromatic heterocycles. The molecule has 1 aliphatic rings. The Bertz CT molecular complexity index is 1020. The van der Waals surface area contributed by atoms with E-state index in [4.69, 9.17) is 18.9 Å². The van der Waals surface area contributed by atoms with Crippen molar-refractivity contribution in [2.75, 3.05) is 13.2 Å². The van der Waals surface area contributed by atoms with Gasteiger partial charge in [0.05, 0.1) is 29.9 Å². The molecule has 0 radical (unpaired) electrons. The van der Waals surface area contributed by atoms with Crippen molar-refractivity contribution >= 4 is 17.9 Å². The number of ether oxygens (including phenoxy) is 4. The fraction of sp³-hybridized carbons (Fsp3) is 0.192. The summed E-state index contributed by atoms with van der Waals surface area (Å²) in [5.41, 5.74) is 1.01. The summed E-state index contributed by atoms with van der Waals surface area (Å²) in [6.07, 6.45) is -2.98. The largest absolute Gasteiger partial charge is 0.452 e. The second-order valence-electron chi connectivity index (χ2n) is 7.39. The van der Waals surface area contributed by atoms with Crippen LogP contribution in [0.15, 0.2) is 91.0 Å². The van der Waals surface area contributed by atoms with Crippen LogP contribution >= 0.6 is 0 Å². The molecule has 0 amide bonds. The van der Waals surface area contributed by atoms with E-state index in [1.165, 1.54) is 0 Å². The van der Waals surface area contributed by atoms with Crippen LogP contribution in [0.5, 0.6) is 0 Å². The highest BCUT2D eigenvalue weighted by Crippen LogP contribution is 2.22. The number of esters is 3. The van der Waals surface area contributed by atoms with E-state index in [0.29, 0.717) is 16.7 Å². The predicted octanol–water partition coefficient (Wildman–Crippen LogP) is 3.69. The minimum Gasteiger partial charge on any atom is -0.452 e. The topological polar surface area (TPSA) is 88.1 Å². The summed E-state index contributed by atoms with van der Waals surface area (Å²) in [7, 11) is 0. The van der Waals surface area contributed by atoms with Crippen LogP contribution in [0.2, 0.25) is 0 Å². The Morgan fingerprint density at radius 1 is 0.545 bits per heavy atom. The summed E-state index contributed by atoms with van der Waals surface area (Å²) in [5.74, 6) is -1.82. The van der Waals surface area contributed by atoms with Crippen LogP contribution in [0.25, 0.3) is 0 Å². The molecule has 0 bridgehead atoms. The van der Waals surface area contributed by atoms with Crippen LogP contribution in [0.1, 0.15) is 31.1 Å². The number of carbonyl (C=O) groups is 3. The molecule has 1 fully saturated rings. The third-order valence-corrected chi connectivity index (χ3v) is 5.09. The smallest absolute Gasteiger partial charge is 0.338 e. The zero-order valence-corrected chi connectivity index (χ0v) is 17.7. The number of rotatable bonds is 6. The van der Waals surface area contributed by atoms with Crippen LogP contribution in [-0.2, 0) is 18.9 Å². The molecule has 3 atom stereocenters. The van der Waals surface area contributed by atoms with Crippen molar-refractivity contribution in [2.24, 2.45) is 0 Å². The Morgan fingerprint density at radius 3 is 1.24 bits per heavy atom. The standard InChI is InChI=1S/C26H22O7/c27-24(18-10-4-1-5-11-18)31-21-16-30-17-22(32-25(28)19-12-6-2-7-13-19)23(21)33-26(29)20-14-8-3-9-15-20/h1-15,21-23H,16-17H2/t21-,22+,23?. The molecule has 1 heterocycles. The quantitative estimate of drug-likeness (QED) is 0.421. The monoisotopic (exact) mass is 446 g/mol. The van der Waals surface area contributed by atoms with Gasteiger partial charge in [-0.25, -0.2) is 14.4 Å². The van der Waals surface area contributed by atoms with Gasteiger partial charge in [-0.05, 0) is 36.4 Å². The van der Waals surface area contributed by atoms with Gasteiger partial charge in [-0.1, -0.05) is 54.6 Å². The molecule has 0 saturated carbocycles. The average molecular weight is 446 g/mol. The Balaban J connectivity index is 1.55. The van der Waals surface area contributed by atoms with Crippen LogP contribution in [0.3, 0.4) is 0 Å². The molecule has 168 valence electrons. The first-order valence-electron chi connectivity index (χ1n) is 10.5. The normalized spacial score (nSPS) is 19.8. The molecule has 7 nitrogen and oxygen atoms in total. The van der Waals surface area contributed by atoms with Crippen molar-refractivity contribution in [2.45, 2.75) is 18.3 Å². The highest BCUT2D eigenvalue weighted by Gasteiger charge is 2.42. The summed E-state index contributed by atoms with van der Waals surface area (Å²) >= 11 is 0. The lowest BCUT2D eigenvalue weighted by Crippen LogP contribution is -2.53. The summed E-state index contributed by atoms with van der Waals surface area (Å²) in [6, 6.07) is 25.3. The molecule has 0 N–H and O–H groups in total. The third-order valence-electron chi connectivity index (χ3n) is 5.09. The molecule has 0 aliphatic carbocycles. The van der Waals surface area contributed by atoms with Gasteiger partial charge in [-0.15, -0.1) is 0 Å². The van der Waals surface area contributed by atoms with Gasteiger partial charge in [-0.2, -0.15) is 0 Å². The van der Waals surface area contributed by atoms with E-state index in [0.717, 1.165) is 0 Å². The number of hydrogen-bond donors (Lipinski definition) is 0. The van der Waals surface area contributed by atoms with Crippen molar-refractivity contribution in [3.05, 3.63) is 108 Å². The maximum absolute atomic E-state index is 12.8. The van der Waals surface area contributed by atoms with Gasteiger partial charge in [0.25, 0.3) is 0 Å². The summed E-state index contributed by atoms with van der Waals surface area (Å²) in [5, 5.41) is 0. The molecule has 1 unspecified atom stereocenters. The van der Waals surface area contributed by atoms with Gasteiger partial charge in [0.2, 0.25) is 0 Å². The van der Waals surface area contributed by atoms with E-state index in [1.54, 1.807) is 91.0 Å². The van der Waals surface area contributed by atoms with Crippen LogP contribution < -0.4 is 0 Å². The summed E-state index contributed by atoms with van der Waals surface area (Å²) < 4.78 is 22.5. The molecule has 1 saturated heterocycles. The number of hydrogen-bond acceptors (Lipinski definition) is 7. The maximum Gasteiger partial charge on any atom is 0.338 e. The Kier molecular flexibility index (Phi) is 7.12. The fourth-order valence-corrected chi connectivity index (χ4v) is 3.41. The second-order valence-corrected chi connectivity index (χ2v) is 7.39. The van der Waals surface area contributed by atoms with Gasteiger partial charge in [0.1, 0.15) is 0 Å². The number of carbonyl (C=O) groups excluding carboxylic acids is 3. The van der Waals surface area contributed by atoms with Crippen LogP contribution in [-0.4, -0.2) is 49.4 Å². The number of benzene rings is 3. The van der Waals surface area contributed by atoms with E-state index in [-0.39, 0.29) is 13.2 Å². The van der Waals surface area contributed by atoms with Gasteiger partial charge < -0.3 is 18.9 Å². The zero-order valence-electron chi connectivity index (χ0n) is 17.7. The molecular weight excluding hydrogens is 424 g/mol. The van der Waals surface area contributed by atoms with Crippen molar-refractivity contribution in [1.82, 2.24) is 0 Å². The minimum atomic E-state index is -1.05. The lowest BCUT2D eigenvalue weighted by atomic mass is 10.1. The highest BCUT2D eigenvalue weighted by atomic mass is 16.6. The molecule has 0 spiro atoms. The van der Waals surface area contributed by atoms with Gasteiger partial charge in [-0.3, -0.25) is 0 Å². The lowest BCUT2D eigenvalue weighted by molar-refractivity contribution is -0.157. The third kappa shape index (κ3) is 5.64. The van der Waals surface area contributed by atoms with Crippen molar-refractivity contribution < 1.29 is 33.3 Å². The van der Waals surface area contributed by atoms with Gasteiger partial charge >= 0.3 is 17.9 Å². The van der Waals surface area contributed by atoms with E-state index < -0.39 is 36.2 Å². The molecular formula is C26H22O7. The van der Waals surface area contributed by atoms with E-state index in [9.17, 15) is 14.4 Å². The van der Waals surface area contributed by atoms with Crippen LogP contribution in [0.4, 0.5) is 0 Å². The van der Waals surface area contributed by atoms with Gasteiger partial charge in [0.15, 0.2) is 18.3 Å². The van der Waals surface area contributed by atoms with Gasteiger partial charge in [0, 0.05) is 0 Å². The van der Waals surface area contributed by atoms with Crippen molar-refractivity contribution in [3.63, 3.8) is 0 Å². The first kappa shape index (κ1) is 22.2. The first-order valence-corrected chi connectivity index (χ1v) is 10.5. The summed E-state index contributed by atoms with van der Waals surface area (Å²) in [4.78, 5) is 38.0. The Morgan fingerprint density at radius 2 is 0.879 bits per heavy atom. The van der Waals surface area contributed by atoms with E-state index in [1.807, 2.05) is 0 Å². The first-order chi connectivity index (χ1) is 16.1.